The van der Waals surface area contributed by atoms with Gasteiger partial charge in [0.15, 0.2) is 0 Å². The van der Waals surface area contributed by atoms with E-state index in [0.717, 1.165) is 5.56 Å². The summed E-state index contributed by atoms with van der Waals surface area (Å²) in [4.78, 5) is 0. The van der Waals surface area contributed by atoms with Crippen LogP contribution in [0.3, 0.4) is 0 Å². The molecular weight excluding hydrogens is 271 g/mol. The smallest absolute Gasteiger partial charge is 0.127 e. The molecule has 2 aromatic rings. The van der Waals surface area contributed by atoms with E-state index in [0.29, 0.717) is 16.3 Å². The van der Waals surface area contributed by atoms with Crippen LogP contribution in [0.5, 0.6) is 0 Å². The third-order valence-electron chi connectivity index (χ3n) is 2.52. The Hall–Kier alpha value is -1.19. The van der Waals surface area contributed by atoms with E-state index in [1.165, 1.54) is 6.07 Å². The monoisotopic (exact) mass is 282 g/mol. The second kappa shape index (κ2) is 6.12. The van der Waals surface area contributed by atoms with Crippen LogP contribution in [0.25, 0.3) is 0 Å². The molecule has 0 N–H and O–H groups in total. The Kier molecular flexibility index (Phi) is 4.50. The number of halogens is 2. The second-order valence-corrected chi connectivity index (χ2v) is 5.84. The van der Waals surface area contributed by atoms with Gasteiger partial charge in [-0.2, -0.15) is 0 Å². The Morgan fingerprint density at radius 1 is 1.00 bits per heavy atom. The third kappa shape index (κ3) is 3.65. The topological polar surface area (TPSA) is 17.1 Å². The Morgan fingerprint density at radius 3 is 2.33 bits per heavy atom. The molecule has 1 unspecified atom stereocenters. The van der Waals surface area contributed by atoms with Crippen molar-refractivity contribution in [3.05, 3.63) is 70.5 Å². The lowest BCUT2D eigenvalue weighted by molar-refractivity contribution is 0.615. The van der Waals surface area contributed by atoms with Crippen molar-refractivity contribution in [2.75, 3.05) is 0 Å². The Morgan fingerprint density at radius 2 is 1.67 bits per heavy atom. The van der Waals surface area contributed by atoms with Crippen LogP contribution in [0.1, 0.15) is 11.1 Å². The van der Waals surface area contributed by atoms with E-state index in [9.17, 15) is 8.60 Å². The van der Waals surface area contributed by atoms with Crippen LogP contribution >= 0.6 is 11.6 Å². The number of hydrogen-bond acceptors (Lipinski definition) is 1. The normalized spacial score (nSPS) is 12.3. The molecule has 1 nitrogen and oxygen atoms in total. The van der Waals surface area contributed by atoms with Crippen LogP contribution in [0, 0.1) is 5.82 Å². The molecular formula is C14H12ClFOS. The average molecular weight is 283 g/mol. The van der Waals surface area contributed by atoms with E-state index < -0.39 is 10.8 Å². The molecule has 0 saturated heterocycles. The first-order chi connectivity index (χ1) is 8.65. The second-order valence-electron chi connectivity index (χ2n) is 3.95. The van der Waals surface area contributed by atoms with E-state index in [1.807, 2.05) is 12.1 Å². The van der Waals surface area contributed by atoms with Crippen molar-refractivity contribution in [3.8, 4) is 0 Å². The van der Waals surface area contributed by atoms with Crippen molar-refractivity contribution in [2.45, 2.75) is 11.5 Å². The molecule has 2 rings (SSSR count). The molecule has 18 heavy (non-hydrogen) atoms. The van der Waals surface area contributed by atoms with Gasteiger partial charge in [-0.15, -0.1) is 0 Å². The zero-order valence-corrected chi connectivity index (χ0v) is 11.2. The van der Waals surface area contributed by atoms with Gasteiger partial charge in [0.05, 0.1) is 5.75 Å². The minimum absolute atomic E-state index is 0.231. The van der Waals surface area contributed by atoms with Crippen molar-refractivity contribution in [1.82, 2.24) is 0 Å². The summed E-state index contributed by atoms with van der Waals surface area (Å²) in [7, 11) is -1.12. The molecule has 0 spiro atoms. The summed E-state index contributed by atoms with van der Waals surface area (Å²) in [6.45, 7) is 0. The fourth-order valence-corrected chi connectivity index (χ4v) is 2.98. The van der Waals surface area contributed by atoms with E-state index in [1.54, 1.807) is 30.3 Å². The average Bonchev–Trinajstić information content (AvgIpc) is 2.35. The van der Waals surface area contributed by atoms with Gasteiger partial charge >= 0.3 is 0 Å². The summed E-state index contributed by atoms with van der Waals surface area (Å²) in [6.07, 6.45) is 0. The van der Waals surface area contributed by atoms with Crippen LogP contribution < -0.4 is 0 Å². The van der Waals surface area contributed by atoms with E-state index >= 15 is 0 Å². The van der Waals surface area contributed by atoms with Crippen LogP contribution in [-0.4, -0.2) is 4.21 Å². The van der Waals surface area contributed by atoms with Gasteiger partial charge in [0.2, 0.25) is 0 Å². The summed E-state index contributed by atoms with van der Waals surface area (Å²) in [5, 5.41) is 0.652. The first kappa shape index (κ1) is 13.2. The molecule has 0 bridgehead atoms. The highest BCUT2D eigenvalue weighted by molar-refractivity contribution is 7.83. The SMILES string of the molecule is O=S(Cc1ccc(Cl)cc1)Cc1ccccc1F. The van der Waals surface area contributed by atoms with Crippen molar-refractivity contribution >= 4 is 22.4 Å². The molecule has 0 radical (unpaired) electrons. The maximum absolute atomic E-state index is 13.4. The summed E-state index contributed by atoms with van der Waals surface area (Å²) in [5.74, 6) is 0.336. The molecule has 0 aromatic heterocycles. The van der Waals surface area contributed by atoms with Crippen LogP contribution in [0.2, 0.25) is 5.02 Å². The molecule has 0 aliphatic rings. The van der Waals surface area contributed by atoms with Crippen molar-refractivity contribution in [3.63, 3.8) is 0 Å². The minimum Gasteiger partial charge on any atom is -0.259 e. The van der Waals surface area contributed by atoms with Crippen LogP contribution in [-0.2, 0) is 22.3 Å². The van der Waals surface area contributed by atoms with Gasteiger partial charge in [0.1, 0.15) is 5.82 Å². The van der Waals surface area contributed by atoms with Gasteiger partial charge in [0, 0.05) is 27.1 Å². The molecule has 0 amide bonds. The first-order valence-corrected chi connectivity index (χ1v) is 7.34. The molecule has 0 aliphatic heterocycles. The lowest BCUT2D eigenvalue weighted by Gasteiger charge is -2.04. The molecule has 4 heteroatoms. The van der Waals surface area contributed by atoms with Gasteiger partial charge in [-0.05, 0) is 23.8 Å². The lowest BCUT2D eigenvalue weighted by atomic mass is 10.2. The zero-order valence-electron chi connectivity index (χ0n) is 9.61. The number of hydrogen-bond donors (Lipinski definition) is 0. The van der Waals surface area contributed by atoms with Crippen LogP contribution in [0.15, 0.2) is 48.5 Å². The van der Waals surface area contributed by atoms with E-state index in [-0.39, 0.29) is 11.6 Å². The summed E-state index contributed by atoms with van der Waals surface area (Å²) >= 11 is 5.77. The van der Waals surface area contributed by atoms with Gasteiger partial charge < -0.3 is 0 Å². The predicted octanol–water partition coefficient (Wildman–Crippen LogP) is 3.93. The van der Waals surface area contributed by atoms with Crippen molar-refractivity contribution < 1.29 is 8.60 Å². The standard InChI is InChI=1S/C14H12ClFOS/c15-13-7-5-11(6-8-13)9-18(17)10-12-3-1-2-4-14(12)16/h1-8H,9-10H2. The highest BCUT2D eigenvalue weighted by atomic mass is 35.5. The van der Waals surface area contributed by atoms with Crippen molar-refractivity contribution in [1.29, 1.82) is 0 Å². The quantitative estimate of drug-likeness (QED) is 0.830. The lowest BCUT2D eigenvalue weighted by Crippen LogP contribution is -2.01. The van der Waals surface area contributed by atoms with E-state index in [4.69, 9.17) is 11.6 Å². The van der Waals surface area contributed by atoms with Crippen molar-refractivity contribution in [2.24, 2.45) is 0 Å². The highest BCUT2D eigenvalue weighted by Gasteiger charge is 2.07. The molecule has 0 saturated carbocycles. The molecule has 94 valence electrons. The Bertz CT molecular complexity index is 554. The van der Waals surface area contributed by atoms with Gasteiger partial charge in [-0.3, -0.25) is 4.21 Å². The minimum atomic E-state index is -1.12. The van der Waals surface area contributed by atoms with Gasteiger partial charge in [-0.25, -0.2) is 4.39 Å². The molecule has 0 fully saturated rings. The maximum Gasteiger partial charge on any atom is 0.127 e. The predicted molar refractivity (Wildman–Crippen MR) is 73.4 cm³/mol. The summed E-state index contributed by atoms with van der Waals surface area (Å²) < 4.78 is 25.3. The van der Waals surface area contributed by atoms with Gasteiger partial charge in [-0.1, -0.05) is 41.9 Å². The number of rotatable bonds is 4. The fraction of sp³-hybridized carbons (Fsp3) is 0.143. The molecule has 1 atom stereocenters. The highest BCUT2D eigenvalue weighted by Crippen LogP contribution is 2.14. The Labute approximate surface area is 113 Å². The first-order valence-electron chi connectivity index (χ1n) is 5.48. The zero-order chi connectivity index (χ0) is 13.0. The summed E-state index contributed by atoms with van der Waals surface area (Å²) in [6, 6.07) is 13.6. The third-order valence-corrected chi connectivity index (χ3v) is 4.06. The maximum atomic E-state index is 13.4. The fourth-order valence-electron chi connectivity index (χ4n) is 1.61. The molecule has 0 heterocycles. The van der Waals surface area contributed by atoms with Crippen LogP contribution in [0.4, 0.5) is 4.39 Å². The Balaban J connectivity index is 2.01. The number of benzene rings is 2. The molecule has 2 aromatic carbocycles. The largest absolute Gasteiger partial charge is 0.259 e. The molecule has 0 aliphatic carbocycles. The summed E-state index contributed by atoms with van der Waals surface area (Å²) in [5.41, 5.74) is 1.43. The van der Waals surface area contributed by atoms with E-state index in [2.05, 4.69) is 0 Å². The van der Waals surface area contributed by atoms with Gasteiger partial charge in [0.25, 0.3) is 0 Å².